The quantitative estimate of drug-likeness (QED) is 0.791. The van der Waals surface area contributed by atoms with E-state index in [0.717, 1.165) is 12.4 Å². The van der Waals surface area contributed by atoms with E-state index in [1.165, 1.54) is 6.33 Å². The Hall–Kier alpha value is -1.72. The minimum Gasteiger partial charge on any atom is -0.296 e. The Balaban J connectivity index is 2.03. The number of carbonyl (C=O) groups is 2. The molecule has 0 bridgehead atoms. The average Bonchev–Trinajstić information content (AvgIpc) is 2.69. The number of hydrogen-bond donors (Lipinski definition) is 1. The van der Waals surface area contributed by atoms with Gasteiger partial charge in [-0.25, -0.2) is 9.67 Å². The summed E-state index contributed by atoms with van der Waals surface area (Å²) >= 11 is 0. The van der Waals surface area contributed by atoms with E-state index in [9.17, 15) is 9.59 Å². The van der Waals surface area contributed by atoms with Gasteiger partial charge in [0.25, 0.3) is 0 Å². The van der Waals surface area contributed by atoms with E-state index in [2.05, 4.69) is 29.2 Å². The summed E-state index contributed by atoms with van der Waals surface area (Å²) in [6, 6.07) is 0. The van der Waals surface area contributed by atoms with Crippen molar-refractivity contribution in [1.82, 2.24) is 20.1 Å². The van der Waals surface area contributed by atoms with Crippen molar-refractivity contribution >= 4 is 11.8 Å². The number of imide groups is 1. The molecule has 1 fully saturated rings. The number of nitrogens with one attached hydrogen (secondary N) is 1. The van der Waals surface area contributed by atoms with Crippen LogP contribution in [0.2, 0.25) is 0 Å². The number of carbonyl (C=O) groups excluding carboxylic acids is 2. The van der Waals surface area contributed by atoms with Gasteiger partial charge >= 0.3 is 0 Å². The fraction of sp³-hybridized carbons (Fsp3) is 0.667. The molecule has 1 unspecified atom stereocenters. The van der Waals surface area contributed by atoms with Crippen LogP contribution < -0.4 is 5.32 Å². The van der Waals surface area contributed by atoms with Gasteiger partial charge in [0, 0.05) is 25.3 Å². The number of amides is 2. The highest BCUT2D eigenvalue weighted by Gasteiger charge is 2.28. The second kappa shape index (κ2) is 5.29. The van der Waals surface area contributed by atoms with Crippen LogP contribution in [0.25, 0.3) is 0 Å². The Morgan fingerprint density at radius 1 is 1.50 bits per heavy atom. The minimum atomic E-state index is -0.189. The molecule has 2 rings (SSSR count). The van der Waals surface area contributed by atoms with Crippen molar-refractivity contribution in [2.24, 2.45) is 11.8 Å². The number of nitrogens with zero attached hydrogens (tertiary/aromatic N) is 3. The van der Waals surface area contributed by atoms with Crippen LogP contribution in [0.1, 0.15) is 32.5 Å². The lowest BCUT2D eigenvalue weighted by atomic mass is 9.94. The van der Waals surface area contributed by atoms with Crippen molar-refractivity contribution in [3.05, 3.63) is 12.2 Å². The van der Waals surface area contributed by atoms with Gasteiger partial charge in [-0.3, -0.25) is 14.9 Å². The van der Waals surface area contributed by atoms with Crippen LogP contribution in [0.5, 0.6) is 0 Å². The summed E-state index contributed by atoms with van der Waals surface area (Å²) in [6.07, 6.45) is 3.07. The van der Waals surface area contributed by atoms with Gasteiger partial charge in [-0.2, -0.15) is 5.10 Å². The predicted molar refractivity (Wildman–Crippen MR) is 64.4 cm³/mol. The maximum atomic E-state index is 11.7. The van der Waals surface area contributed by atoms with Crippen molar-refractivity contribution in [3.63, 3.8) is 0 Å². The molecule has 6 nitrogen and oxygen atoms in total. The lowest BCUT2D eigenvalue weighted by Crippen LogP contribution is -2.41. The van der Waals surface area contributed by atoms with Gasteiger partial charge in [-0.05, 0) is 12.3 Å². The molecule has 2 heterocycles. The second-order valence-corrected chi connectivity index (χ2v) is 5.10. The standard InChI is InChI=1S/C12H18N4O2/c1-8(2)6-16-10(13-7-14-16)5-9-3-4-11(17)15-12(9)18/h7-9H,3-6H2,1-2H3,(H,15,17,18). The van der Waals surface area contributed by atoms with Crippen LogP contribution in [0.15, 0.2) is 6.33 Å². The number of rotatable bonds is 4. The fourth-order valence-corrected chi connectivity index (χ4v) is 2.10. The van der Waals surface area contributed by atoms with Crippen LogP contribution in [0.4, 0.5) is 0 Å². The van der Waals surface area contributed by atoms with Crippen molar-refractivity contribution < 1.29 is 9.59 Å². The van der Waals surface area contributed by atoms with Crippen molar-refractivity contribution in [2.45, 2.75) is 39.7 Å². The Kier molecular flexibility index (Phi) is 3.74. The summed E-state index contributed by atoms with van der Waals surface area (Å²) in [4.78, 5) is 26.9. The van der Waals surface area contributed by atoms with E-state index in [0.29, 0.717) is 25.2 Å². The molecule has 0 spiro atoms. The first kappa shape index (κ1) is 12.7. The van der Waals surface area contributed by atoms with Gasteiger partial charge in [0.05, 0.1) is 0 Å². The number of aromatic nitrogens is 3. The third-order valence-electron chi connectivity index (χ3n) is 3.02. The molecule has 98 valence electrons. The topological polar surface area (TPSA) is 76.9 Å². The van der Waals surface area contributed by atoms with Gasteiger partial charge in [0.1, 0.15) is 12.2 Å². The predicted octanol–water partition coefficient (Wildman–Crippen LogP) is 0.529. The number of piperidine rings is 1. The van der Waals surface area contributed by atoms with Gasteiger partial charge in [-0.1, -0.05) is 13.8 Å². The van der Waals surface area contributed by atoms with Crippen LogP contribution in [-0.4, -0.2) is 26.6 Å². The maximum Gasteiger partial charge on any atom is 0.230 e. The van der Waals surface area contributed by atoms with E-state index in [4.69, 9.17) is 0 Å². The molecule has 18 heavy (non-hydrogen) atoms. The first-order valence-corrected chi connectivity index (χ1v) is 6.26. The Bertz CT molecular complexity index is 453. The van der Waals surface area contributed by atoms with E-state index in [1.807, 2.05) is 4.68 Å². The normalized spacial score (nSPS) is 20.3. The van der Waals surface area contributed by atoms with Gasteiger partial charge in [-0.15, -0.1) is 0 Å². The highest BCUT2D eigenvalue weighted by atomic mass is 16.2. The van der Waals surface area contributed by atoms with E-state index >= 15 is 0 Å². The van der Waals surface area contributed by atoms with E-state index < -0.39 is 0 Å². The van der Waals surface area contributed by atoms with E-state index in [-0.39, 0.29) is 17.7 Å². The molecule has 0 saturated carbocycles. The van der Waals surface area contributed by atoms with E-state index in [1.54, 1.807) is 0 Å². The highest BCUT2D eigenvalue weighted by Crippen LogP contribution is 2.17. The molecule has 1 saturated heterocycles. The SMILES string of the molecule is CC(C)Cn1ncnc1CC1CCC(=O)NC1=O. The van der Waals surface area contributed by atoms with Crippen LogP contribution in [0, 0.1) is 11.8 Å². The Morgan fingerprint density at radius 2 is 2.28 bits per heavy atom. The summed E-state index contributed by atoms with van der Waals surface area (Å²) in [5.74, 6) is 0.758. The summed E-state index contributed by atoms with van der Waals surface area (Å²) in [7, 11) is 0. The van der Waals surface area contributed by atoms with Crippen LogP contribution in [0.3, 0.4) is 0 Å². The largest absolute Gasteiger partial charge is 0.296 e. The zero-order valence-corrected chi connectivity index (χ0v) is 10.7. The fourth-order valence-electron chi connectivity index (χ4n) is 2.10. The van der Waals surface area contributed by atoms with Crippen LogP contribution >= 0.6 is 0 Å². The molecule has 1 aromatic heterocycles. The van der Waals surface area contributed by atoms with Gasteiger partial charge < -0.3 is 0 Å². The summed E-state index contributed by atoms with van der Waals surface area (Å²) in [5.41, 5.74) is 0. The molecule has 1 aliphatic heterocycles. The van der Waals surface area contributed by atoms with Crippen molar-refractivity contribution in [3.8, 4) is 0 Å². The molecule has 2 amide bonds. The second-order valence-electron chi connectivity index (χ2n) is 5.10. The monoisotopic (exact) mass is 250 g/mol. The maximum absolute atomic E-state index is 11.7. The third-order valence-corrected chi connectivity index (χ3v) is 3.02. The summed E-state index contributed by atoms with van der Waals surface area (Å²) < 4.78 is 1.84. The van der Waals surface area contributed by atoms with Crippen molar-refractivity contribution in [2.75, 3.05) is 0 Å². The van der Waals surface area contributed by atoms with Crippen LogP contribution in [-0.2, 0) is 22.6 Å². The molecule has 1 atom stereocenters. The molecule has 0 radical (unpaired) electrons. The molecule has 1 N–H and O–H groups in total. The zero-order valence-electron chi connectivity index (χ0n) is 10.7. The van der Waals surface area contributed by atoms with Gasteiger partial charge in [0.15, 0.2) is 0 Å². The minimum absolute atomic E-state index is 0.169. The molecule has 0 aromatic carbocycles. The lowest BCUT2D eigenvalue weighted by Gasteiger charge is -2.20. The average molecular weight is 250 g/mol. The molecule has 1 aromatic rings. The Morgan fingerprint density at radius 3 is 2.94 bits per heavy atom. The first-order chi connectivity index (χ1) is 8.56. The highest BCUT2D eigenvalue weighted by molar-refractivity contribution is 5.98. The zero-order chi connectivity index (χ0) is 13.1. The molecule has 0 aliphatic carbocycles. The molecular weight excluding hydrogens is 232 g/mol. The molecular formula is C12H18N4O2. The van der Waals surface area contributed by atoms with Gasteiger partial charge in [0.2, 0.25) is 11.8 Å². The molecule has 6 heteroatoms. The van der Waals surface area contributed by atoms with Crippen molar-refractivity contribution in [1.29, 1.82) is 0 Å². The Labute approximate surface area is 106 Å². The lowest BCUT2D eigenvalue weighted by molar-refractivity contribution is -0.136. The summed E-state index contributed by atoms with van der Waals surface area (Å²) in [6.45, 7) is 5.01. The first-order valence-electron chi connectivity index (χ1n) is 6.26. The summed E-state index contributed by atoms with van der Waals surface area (Å²) in [5, 5.41) is 6.54. The molecule has 1 aliphatic rings. The number of hydrogen-bond acceptors (Lipinski definition) is 4. The third kappa shape index (κ3) is 2.94. The smallest absolute Gasteiger partial charge is 0.230 e.